The highest BCUT2D eigenvalue weighted by Gasteiger charge is 2.34. The second-order valence-corrected chi connectivity index (χ2v) is 11.8. The summed E-state index contributed by atoms with van der Waals surface area (Å²) in [5.41, 5.74) is 3.89. The summed E-state index contributed by atoms with van der Waals surface area (Å²) in [6.45, 7) is 2.19. The fourth-order valence-corrected chi connectivity index (χ4v) is 6.81. The molecule has 2 aliphatic rings. The van der Waals surface area contributed by atoms with Crippen LogP contribution in [0.4, 0.5) is 17.6 Å². The first-order valence-electron chi connectivity index (χ1n) is 14.8. The van der Waals surface area contributed by atoms with Crippen molar-refractivity contribution < 1.29 is 17.6 Å². The van der Waals surface area contributed by atoms with Crippen molar-refractivity contribution in [2.24, 2.45) is 5.92 Å². The van der Waals surface area contributed by atoms with Gasteiger partial charge in [0.05, 0.1) is 5.56 Å². The zero-order chi connectivity index (χ0) is 28.2. The number of halogens is 4. The van der Waals surface area contributed by atoms with E-state index in [0.717, 1.165) is 31.2 Å². The minimum atomic E-state index is -1.02. The Labute approximate surface area is 235 Å². The number of rotatable bonds is 8. The number of fused-ring (bicyclic) bond motifs is 1. The lowest BCUT2D eigenvalue weighted by Crippen LogP contribution is -2.22. The van der Waals surface area contributed by atoms with Crippen molar-refractivity contribution in [2.75, 3.05) is 0 Å². The van der Waals surface area contributed by atoms with Crippen LogP contribution in [0.15, 0.2) is 42.5 Å². The lowest BCUT2D eigenvalue weighted by molar-refractivity contribution is 0.354. The molecule has 0 bridgehead atoms. The molecule has 2 aliphatic carbocycles. The molecule has 1 unspecified atom stereocenters. The SMILES string of the molecule is CCCCc1ccc(CCC2CCc3c(F)c(C4CCC(c5ccc(C#N)c(F)c5)CC4)c(F)c(F)c3C2)cc1. The monoisotopic (exact) mass is 547 g/mol. The van der Waals surface area contributed by atoms with Crippen LogP contribution in [0.1, 0.15) is 109 Å². The number of nitrogens with zero attached hydrogens (tertiary/aromatic N) is 1. The van der Waals surface area contributed by atoms with Gasteiger partial charge in [-0.15, -0.1) is 0 Å². The molecule has 210 valence electrons. The zero-order valence-corrected chi connectivity index (χ0v) is 23.2. The van der Waals surface area contributed by atoms with E-state index in [1.54, 1.807) is 6.07 Å². The highest BCUT2D eigenvalue weighted by atomic mass is 19.2. The summed E-state index contributed by atoms with van der Waals surface area (Å²) >= 11 is 0. The molecule has 1 saturated carbocycles. The second-order valence-electron chi connectivity index (χ2n) is 11.8. The average Bonchev–Trinajstić information content (AvgIpc) is 2.98. The minimum Gasteiger partial charge on any atom is -0.206 e. The Hall–Kier alpha value is -3.13. The molecule has 5 heteroatoms. The Morgan fingerprint density at radius 2 is 1.45 bits per heavy atom. The lowest BCUT2D eigenvalue weighted by atomic mass is 9.73. The summed E-state index contributed by atoms with van der Waals surface area (Å²) in [7, 11) is 0. The van der Waals surface area contributed by atoms with Crippen LogP contribution in [-0.4, -0.2) is 0 Å². The summed E-state index contributed by atoms with van der Waals surface area (Å²) in [5.74, 6) is -3.12. The third kappa shape index (κ3) is 5.97. The number of aryl methyl sites for hydroxylation is 2. The molecule has 0 heterocycles. The first-order valence-corrected chi connectivity index (χ1v) is 14.8. The van der Waals surface area contributed by atoms with Crippen LogP contribution in [0.3, 0.4) is 0 Å². The number of nitriles is 1. The molecule has 5 rings (SSSR count). The molecule has 0 saturated heterocycles. The number of hydrogen-bond donors (Lipinski definition) is 0. The van der Waals surface area contributed by atoms with Crippen molar-refractivity contribution in [3.8, 4) is 6.07 Å². The predicted octanol–water partition coefficient (Wildman–Crippen LogP) is 9.64. The second kappa shape index (κ2) is 12.6. The van der Waals surface area contributed by atoms with E-state index in [9.17, 15) is 4.39 Å². The Morgan fingerprint density at radius 1 is 0.775 bits per heavy atom. The van der Waals surface area contributed by atoms with Crippen molar-refractivity contribution in [1.29, 1.82) is 5.26 Å². The maximum Gasteiger partial charge on any atom is 0.165 e. The molecule has 0 N–H and O–H groups in total. The van der Waals surface area contributed by atoms with Gasteiger partial charge in [-0.05, 0) is 128 Å². The molecule has 40 heavy (non-hydrogen) atoms. The number of benzene rings is 3. The van der Waals surface area contributed by atoms with Crippen LogP contribution >= 0.6 is 0 Å². The van der Waals surface area contributed by atoms with E-state index in [0.29, 0.717) is 44.1 Å². The van der Waals surface area contributed by atoms with E-state index in [1.807, 2.05) is 6.07 Å². The Morgan fingerprint density at radius 3 is 2.10 bits per heavy atom. The fraction of sp³-hybridized carbons (Fsp3) is 0.457. The predicted molar refractivity (Wildman–Crippen MR) is 150 cm³/mol. The molecular weight excluding hydrogens is 510 g/mol. The summed E-state index contributed by atoms with van der Waals surface area (Å²) in [6.07, 6.45) is 9.08. The van der Waals surface area contributed by atoms with E-state index < -0.39 is 29.2 Å². The van der Waals surface area contributed by atoms with Crippen LogP contribution in [0.5, 0.6) is 0 Å². The van der Waals surface area contributed by atoms with Crippen molar-refractivity contribution in [3.63, 3.8) is 0 Å². The van der Waals surface area contributed by atoms with E-state index in [2.05, 4.69) is 31.2 Å². The summed E-state index contributed by atoms with van der Waals surface area (Å²) in [5, 5.41) is 8.97. The molecule has 1 fully saturated rings. The van der Waals surface area contributed by atoms with Gasteiger partial charge < -0.3 is 0 Å². The molecule has 0 aromatic heterocycles. The van der Waals surface area contributed by atoms with E-state index >= 15 is 13.2 Å². The average molecular weight is 548 g/mol. The standard InChI is InChI=1S/C35H37F4N/c1-2-3-4-22-5-7-23(8-6-22)9-10-24-11-18-29-30(19-24)34(38)35(39)32(33(29)37)26-14-12-25(13-15-26)27-16-17-28(21-40)31(36)20-27/h5-8,16-17,20,24-26H,2-4,9-15,18-19H2,1H3. The molecule has 1 nitrogen and oxygen atoms in total. The molecule has 0 spiro atoms. The third-order valence-electron chi connectivity index (χ3n) is 9.26. The summed E-state index contributed by atoms with van der Waals surface area (Å²) in [4.78, 5) is 0. The van der Waals surface area contributed by atoms with E-state index in [4.69, 9.17) is 5.26 Å². The quantitative estimate of drug-likeness (QED) is 0.203. The topological polar surface area (TPSA) is 23.8 Å². The molecule has 3 aromatic carbocycles. The zero-order valence-electron chi connectivity index (χ0n) is 23.2. The van der Waals surface area contributed by atoms with Gasteiger partial charge in [0.2, 0.25) is 0 Å². The van der Waals surface area contributed by atoms with Gasteiger partial charge in [-0.2, -0.15) is 5.26 Å². The molecule has 0 aliphatic heterocycles. The van der Waals surface area contributed by atoms with Crippen LogP contribution in [0.25, 0.3) is 0 Å². The summed E-state index contributed by atoms with van der Waals surface area (Å²) in [6, 6.07) is 15.2. The Balaban J connectivity index is 1.24. The first-order chi connectivity index (χ1) is 19.4. The molecule has 0 radical (unpaired) electrons. The minimum absolute atomic E-state index is 0.00446. The van der Waals surface area contributed by atoms with Crippen molar-refractivity contribution in [3.05, 3.63) is 105 Å². The molecule has 3 aromatic rings. The Bertz CT molecular complexity index is 1380. The molecule has 1 atom stereocenters. The van der Waals surface area contributed by atoms with Crippen LogP contribution in [0, 0.1) is 40.5 Å². The summed E-state index contributed by atoms with van der Waals surface area (Å²) < 4.78 is 60.7. The van der Waals surface area contributed by atoms with Crippen LogP contribution in [-0.2, 0) is 25.7 Å². The maximum absolute atomic E-state index is 15.8. The van der Waals surface area contributed by atoms with Crippen molar-refractivity contribution >= 4 is 0 Å². The van der Waals surface area contributed by atoms with Gasteiger partial charge >= 0.3 is 0 Å². The molecule has 0 amide bonds. The number of hydrogen-bond acceptors (Lipinski definition) is 1. The van der Waals surface area contributed by atoms with E-state index in [1.165, 1.54) is 36.1 Å². The van der Waals surface area contributed by atoms with Crippen LogP contribution < -0.4 is 0 Å². The highest BCUT2D eigenvalue weighted by molar-refractivity contribution is 5.41. The van der Waals surface area contributed by atoms with E-state index in [-0.39, 0.29) is 28.5 Å². The number of unbranched alkanes of at least 4 members (excludes halogenated alkanes) is 1. The smallest absolute Gasteiger partial charge is 0.165 e. The van der Waals surface area contributed by atoms with Crippen LogP contribution in [0.2, 0.25) is 0 Å². The van der Waals surface area contributed by atoms with Gasteiger partial charge in [-0.3, -0.25) is 0 Å². The lowest BCUT2D eigenvalue weighted by Gasteiger charge is -2.32. The van der Waals surface area contributed by atoms with Gasteiger partial charge in [0.15, 0.2) is 11.6 Å². The Kier molecular flexibility index (Phi) is 8.94. The van der Waals surface area contributed by atoms with Gasteiger partial charge in [-0.25, -0.2) is 17.6 Å². The normalized spacial score (nSPS) is 20.6. The third-order valence-corrected chi connectivity index (χ3v) is 9.26. The largest absolute Gasteiger partial charge is 0.206 e. The van der Waals surface area contributed by atoms with Crippen molar-refractivity contribution in [1.82, 2.24) is 0 Å². The molecular formula is C35H37F4N. The maximum atomic E-state index is 15.8. The fourth-order valence-electron chi connectivity index (χ4n) is 6.81. The van der Waals surface area contributed by atoms with Gasteiger partial charge in [-0.1, -0.05) is 43.7 Å². The first kappa shape index (κ1) is 28.4. The van der Waals surface area contributed by atoms with Gasteiger partial charge in [0.25, 0.3) is 0 Å². The van der Waals surface area contributed by atoms with Gasteiger partial charge in [0, 0.05) is 5.56 Å². The highest BCUT2D eigenvalue weighted by Crippen LogP contribution is 2.45. The van der Waals surface area contributed by atoms with Crippen molar-refractivity contribution in [2.45, 2.75) is 95.8 Å². The van der Waals surface area contributed by atoms with Gasteiger partial charge in [0.1, 0.15) is 17.7 Å².